The molecule has 16 heavy (non-hydrogen) atoms. The second-order valence-corrected chi connectivity index (χ2v) is 4.37. The Morgan fingerprint density at radius 3 is 2.44 bits per heavy atom. The Morgan fingerprint density at radius 1 is 1.31 bits per heavy atom. The number of amides is 1. The highest BCUT2D eigenvalue weighted by Crippen LogP contribution is 2.41. The van der Waals surface area contributed by atoms with Crippen LogP contribution in [0.1, 0.15) is 6.42 Å². The van der Waals surface area contributed by atoms with Crippen LogP contribution in [0.2, 0.25) is 0 Å². The van der Waals surface area contributed by atoms with Crippen LogP contribution in [0.15, 0.2) is 12.2 Å². The highest BCUT2D eigenvalue weighted by Gasteiger charge is 2.47. The van der Waals surface area contributed by atoms with Crippen LogP contribution in [0.5, 0.6) is 0 Å². The number of hydrogen-bond acceptors (Lipinski definition) is 3. The molecule has 2 unspecified atom stereocenters. The molecule has 2 saturated heterocycles. The summed E-state index contributed by atoms with van der Waals surface area (Å²) in [6, 6.07) is 0. The van der Waals surface area contributed by atoms with E-state index in [1.165, 1.54) is 0 Å². The molecule has 2 heterocycles. The number of piperidine rings is 2. The Hall–Kier alpha value is -1.36. The lowest BCUT2D eigenvalue weighted by Crippen LogP contribution is -2.60. The summed E-state index contributed by atoms with van der Waals surface area (Å²) in [7, 11) is 1.70. The number of carbonyl (C=O) groups is 2. The number of aliphatic carboxylic acids is 1. The molecule has 5 nitrogen and oxygen atoms in total. The predicted octanol–water partition coefficient (Wildman–Crippen LogP) is 0.120. The zero-order valence-electron chi connectivity index (χ0n) is 9.13. The number of nitrogens with zero attached hydrogens (tertiary/aromatic N) is 1. The van der Waals surface area contributed by atoms with Crippen LogP contribution in [0, 0.1) is 11.8 Å². The molecule has 0 aromatic carbocycles. The summed E-state index contributed by atoms with van der Waals surface area (Å²) in [5, 5.41) is 8.42. The van der Waals surface area contributed by atoms with Gasteiger partial charge in [-0.15, -0.1) is 0 Å². The summed E-state index contributed by atoms with van der Waals surface area (Å²) in [6.45, 7) is 1.36. The van der Waals surface area contributed by atoms with Crippen LogP contribution in [0.3, 0.4) is 0 Å². The zero-order valence-corrected chi connectivity index (χ0v) is 9.13. The van der Waals surface area contributed by atoms with Crippen LogP contribution in [0.25, 0.3) is 0 Å². The van der Waals surface area contributed by atoms with E-state index in [-0.39, 0.29) is 12.0 Å². The Kier molecular flexibility index (Phi) is 2.96. The normalized spacial score (nSPS) is 32.6. The fourth-order valence-electron chi connectivity index (χ4n) is 2.66. The first-order chi connectivity index (χ1) is 7.61. The molecule has 0 spiro atoms. The van der Waals surface area contributed by atoms with Gasteiger partial charge in [0.2, 0.25) is 5.91 Å². The van der Waals surface area contributed by atoms with Gasteiger partial charge in [0.1, 0.15) is 0 Å². The number of carboxylic acids is 1. The van der Waals surface area contributed by atoms with Crippen molar-refractivity contribution in [1.29, 1.82) is 0 Å². The average Bonchev–Trinajstić information content (AvgIpc) is 2.26. The lowest BCUT2D eigenvalue weighted by atomic mass is 9.68. The van der Waals surface area contributed by atoms with Crippen molar-refractivity contribution in [3.63, 3.8) is 0 Å². The maximum absolute atomic E-state index is 11.6. The molecule has 0 aromatic rings. The standard InChI is InChI=1S/C11H15NO4/c1-16-11-7-4-8(11)6-12(5-7)9(13)2-3-10(14)15/h2-3,7-8,11H,4-6H2,1H3,(H,14,15)/b3-2+. The number of rotatable bonds is 3. The third-order valence-corrected chi connectivity index (χ3v) is 3.40. The number of methoxy groups -OCH3 is 1. The molecule has 3 fully saturated rings. The van der Waals surface area contributed by atoms with Gasteiger partial charge in [0, 0.05) is 44.2 Å². The molecule has 1 N–H and O–H groups in total. The van der Waals surface area contributed by atoms with Gasteiger partial charge in [-0.3, -0.25) is 4.79 Å². The molecular weight excluding hydrogens is 210 g/mol. The zero-order chi connectivity index (χ0) is 11.7. The first-order valence-corrected chi connectivity index (χ1v) is 5.34. The van der Waals surface area contributed by atoms with Crippen molar-refractivity contribution in [2.75, 3.05) is 20.2 Å². The van der Waals surface area contributed by atoms with Gasteiger partial charge in [0.15, 0.2) is 0 Å². The van der Waals surface area contributed by atoms with Crippen molar-refractivity contribution in [2.45, 2.75) is 12.5 Å². The molecule has 0 aromatic heterocycles. The fraction of sp³-hybridized carbons (Fsp3) is 0.636. The van der Waals surface area contributed by atoms with E-state index in [0.717, 1.165) is 18.6 Å². The second kappa shape index (κ2) is 4.25. The minimum absolute atomic E-state index is 0.216. The third kappa shape index (κ3) is 1.95. The molecule has 2 atom stereocenters. The molecule has 2 bridgehead atoms. The molecule has 1 amide bonds. The van der Waals surface area contributed by atoms with Crippen LogP contribution in [-0.2, 0) is 14.3 Å². The van der Waals surface area contributed by atoms with Gasteiger partial charge in [0.05, 0.1) is 6.10 Å². The molecule has 0 radical (unpaired) electrons. The molecule has 1 saturated carbocycles. The maximum atomic E-state index is 11.6. The SMILES string of the molecule is COC1C2CC1CN(C(=O)/C=C/C(=O)O)C2. The van der Waals surface area contributed by atoms with Crippen molar-refractivity contribution in [3.8, 4) is 0 Å². The number of ether oxygens (including phenoxy) is 1. The topological polar surface area (TPSA) is 66.8 Å². The minimum Gasteiger partial charge on any atom is -0.478 e. The van der Waals surface area contributed by atoms with Crippen LogP contribution in [0.4, 0.5) is 0 Å². The van der Waals surface area contributed by atoms with E-state index in [1.54, 1.807) is 12.0 Å². The lowest BCUT2D eigenvalue weighted by molar-refractivity contribution is -0.151. The van der Waals surface area contributed by atoms with Crippen LogP contribution < -0.4 is 0 Å². The minimum atomic E-state index is -1.09. The largest absolute Gasteiger partial charge is 0.478 e. The number of carboxylic acid groups (broad SMARTS) is 1. The molecule has 3 aliphatic rings. The van der Waals surface area contributed by atoms with Gasteiger partial charge in [-0.2, -0.15) is 0 Å². The highest BCUT2D eigenvalue weighted by atomic mass is 16.5. The van der Waals surface area contributed by atoms with Gasteiger partial charge >= 0.3 is 5.97 Å². The summed E-state index contributed by atoms with van der Waals surface area (Å²) in [5.41, 5.74) is 0. The van der Waals surface area contributed by atoms with Crippen LogP contribution in [-0.4, -0.2) is 48.2 Å². The van der Waals surface area contributed by atoms with Gasteiger partial charge in [-0.1, -0.05) is 0 Å². The Labute approximate surface area is 93.7 Å². The van der Waals surface area contributed by atoms with Crippen LogP contribution >= 0.6 is 0 Å². The van der Waals surface area contributed by atoms with E-state index < -0.39 is 5.97 Å². The lowest BCUT2D eigenvalue weighted by Gasteiger charge is -2.52. The summed E-state index contributed by atoms with van der Waals surface area (Å²) < 4.78 is 5.33. The molecule has 2 aliphatic heterocycles. The van der Waals surface area contributed by atoms with E-state index in [4.69, 9.17) is 9.84 Å². The molecule has 1 aliphatic carbocycles. The predicted molar refractivity (Wildman–Crippen MR) is 55.7 cm³/mol. The molecular formula is C11H15NO4. The summed E-state index contributed by atoms with van der Waals surface area (Å²) in [6.07, 6.45) is 3.41. The van der Waals surface area contributed by atoms with E-state index in [2.05, 4.69) is 0 Å². The third-order valence-electron chi connectivity index (χ3n) is 3.40. The summed E-state index contributed by atoms with van der Waals surface area (Å²) >= 11 is 0. The van der Waals surface area contributed by atoms with Crippen molar-refractivity contribution in [1.82, 2.24) is 4.90 Å². The van der Waals surface area contributed by atoms with Gasteiger partial charge in [-0.25, -0.2) is 4.79 Å². The van der Waals surface area contributed by atoms with E-state index in [0.29, 0.717) is 24.9 Å². The van der Waals surface area contributed by atoms with Crippen molar-refractivity contribution in [3.05, 3.63) is 12.2 Å². The summed E-state index contributed by atoms with van der Waals surface area (Å²) in [4.78, 5) is 23.6. The van der Waals surface area contributed by atoms with E-state index in [9.17, 15) is 9.59 Å². The Morgan fingerprint density at radius 2 is 1.94 bits per heavy atom. The van der Waals surface area contributed by atoms with Gasteiger partial charge < -0.3 is 14.7 Å². The quantitative estimate of drug-likeness (QED) is 0.693. The molecule has 88 valence electrons. The van der Waals surface area contributed by atoms with E-state index >= 15 is 0 Å². The first-order valence-electron chi connectivity index (χ1n) is 5.34. The Balaban J connectivity index is 1.90. The monoisotopic (exact) mass is 225 g/mol. The van der Waals surface area contributed by atoms with Gasteiger partial charge in [-0.05, 0) is 6.42 Å². The molecule has 3 rings (SSSR count). The fourth-order valence-corrected chi connectivity index (χ4v) is 2.66. The molecule has 5 heteroatoms. The Bertz CT molecular complexity index is 327. The van der Waals surface area contributed by atoms with Crippen molar-refractivity contribution < 1.29 is 19.4 Å². The number of carbonyl (C=O) groups excluding carboxylic acids is 1. The van der Waals surface area contributed by atoms with Crippen molar-refractivity contribution in [2.24, 2.45) is 11.8 Å². The van der Waals surface area contributed by atoms with Gasteiger partial charge in [0.25, 0.3) is 0 Å². The van der Waals surface area contributed by atoms with E-state index in [1.807, 2.05) is 0 Å². The highest BCUT2D eigenvalue weighted by molar-refractivity contribution is 5.94. The average molecular weight is 225 g/mol. The first kappa shape index (κ1) is 11.1. The number of hydrogen-bond donors (Lipinski definition) is 1. The van der Waals surface area contributed by atoms with Crippen molar-refractivity contribution >= 4 is 11.9 Å². The maximum Gasteiger partial charge on any atom is 0.328 e. The summed E-state index contributed by atoms with van der Waals surface area (Å²) in [5.74, 6) is -0.464. The second-order valence-electron chi connectivity index (χ2n) is 4.37. The smallest absolute Gasteiger partial charge is 0.328 e. The number of fused-ring (bicyclic) bond motifs is 2.